The lowest BCUT2D eigenvalue weighted by Crippen LogP contribution is -2.27. The van der Waals surface area contributed by atoms with Gasteiger partial charge in [0.25, 0.3) is 5.91 Å². The van der Waals surface area contributed by atoms with E-state index >= 15 is 0 Å². The average molecular weight is 236 g/mol. The molecule has 1 rings (SSSR count). The normalized spacial score (nSPS) is 12.6. The number of hydrogen-bond acceptors (Lipinski definition) is 3. The van der Waals surface area contributed by atoms with Gasteiger partial charge < -0.3 is 5.21 Å². The highest BCUT2D eigenvalue weighted by Crippen LogP contribution is 2.14. The van der Waals surface area contributed by atoms with E-state index in [-0.39, 0.29) is 17.1 Å². The number of hydrogen-bond donors (Lipinski definition) is 1. The molecule has 0 unspecified atom stereocenters. The number of aldehydes is 1. The summed E-state index contributed by atoms with van der Waals surface area (Å²) in [5.41, 5.74) is 0.134. The lowest BCUT2D eigenvalue weighted by atomic mass is 9.96. The molecule has 1 amide bonds. The van der Waals surface area contributed by atoms with Crippen molar-refractivity contribution in [3.05, 3.63) is 28.9 Å². The van der Waals surface area contributed by atoms with Gasteiger partial charge in [0.15, 0.2) is 11.8 Å². The van der Waals surface area contributed by atoms with Gasteiger partial charge >= 0.3 is 0 Å². The minimum atomic E-state index is -0.626. The Morgan fingerprint density at radius 2 is 2.00 bits per heavy atom. The molecule has 1 aromatic heterocycles. The smallest absolute Gasteiger partial charge is 0.253 e. The molecule has 5 heteroatoms. The first-order valence-electron chi connectivity index (χ1n) is 5.23. The van der Waals surface area contributed by atoms with Crippen LogP contribution in [-0.4, -0.2) is 22.1 Å². The molecule has 5 nitrogen and oxygen atoms in total. The minimum absolute atomic E-state index is 0.0534. The van der Waals surface area contributed by atoms with Crippen LogP contribution in [0.25, 0.3) is 0 Å². The van der Waals surface area contributed by atoms with E-state index in [1.165, 1.54) is 6.07 Å². The van der Waals surface area contributed by atoms with Gasteiger partial charge in [-0.1, -0.05) is 26.8 Å². The van der Waals surface area contributed by atoms with E-state index in [1.807, 2.05) is 0 Å². The topological polar surface area (TPSA) is 71.7 Å². The van der Waals surface area contributed by atoms with Gasteiger partial charge in [-0.15, -0.1) is 0 Å². The molecular formula is C12H16N2O3. The second-order valence-electron chi connectivity index (χ2n) is 4.86. The average Bonchev–Trinajstić information content (AvgIpc) is 2.21. The second kappa shape index (κ2) is 4.53. The number of pyridine rings is 1. The standard InChI is InChI=1S/C12H16N2O3/c1-8-5-6-10(14(17)9(8)7-15)13-11(16)12(2,3)4/h5-7,17H,1-4H3. The first-order chi connectivity index (χ1) is 7.77. The van der Waals surface area contributed by atoms with Crippen molar-refractivity contribution in [2.24, 2.45) is 10.4 Å². The van der Waals surface area contributed by atoms with Gasteiger partial charge in [0.05, 0.1) is 0 Å². The van der Waals surface area contributed by atoms with Crippen LogP contribution in [0, 0.1) is 12.3 Å². The fourth-order valence-corrected chi connectivity index (χ4v) is 1.15. The van der Waals surface area contributed by atoms with Crippen LogP contribution < -0.4 is 5.49 Å². The van der Waals surface area contributed by atoms with Crippen molar-refractivity contribution in [1.29, 1.82) is 0 Å². The summed E-state index contributed by atoms with van der Waals surface area (Å²) in [6.45, 7) is 6.88. The van der Waals surface area contributed by atoms with Crippen molar-refractivity contribution in [2.75, 3.05) is 0 Å². The van der Waals surface area contributed by atoms with E-state index in [4.69, 9.17) is 0 Å². The number of amides is 1. The third-order valence-electron chi connectivity index (χ3n) is 2.30. The Morgan fingerprint density at radius 1 is 1.41 bits per heavy atom. The number of carbonyl (C=O) groups is 2. The quantitative estimate of drug-likeness (QED) is 0.590. The molecule has 0 aliphatic rings. The maximum atomic E-state index is 11.7. The largest absolute Gasteiger partial charge is 0.426 e. The zero-order valence-corrected chi connectivity index (χ0v) is 10.4. The first-order valence-corrected chi connectivity index (χ1v) is 5.23. The fourth-order valence-electron chi connectivity index (χ4n) is 1.15. The molecule has 0 spiro atoms. The molecule has 0 saturated heterocycles. The number of carbonyl (C=O) groups excluding carboxylic acids is 2. The Labute approximate surface area is 99.4 Å². The summed E-state index contributed by atoms with van der Waals surface area (Å²) < 4.78 is 0.631. The summed E-state index contributed by atoms with van der Waals surface area (Å²) >= 11 is 0. The summed E-state index contributed by atoms with van der Waals surface area (Å²) in [7, 11) is 0. The molecular weight excluding hydrogens is 220 g/mol. The van der Waals surface area contributed by atoms with Crippen LogP contribution in [-0.2, 0) is 4.79 Å². The van der Waals surface area contributed by atoms with E-state index in [9.17, 15) is 14.8 Å². The van der Waals surface area contributed by atoms with Crippen molar-refractivity contribution in [3.63, 3.8) is 0 Å². The Morgan fingerprint density at radius 3 is 2.47 bits per heavy atom. The summed E-state index contributed by atoms with van der Waals surface area (Å²) in [5.74, 6) is -0.360. The number of aromatic nitrogens is 1. The zero-order chi connectivity index (χ0) is 13.2. The molecule has 92 valence electrons. The van der Waals surface area contributed by atoms with Crippen LogP contribution in [0.4, 0.5) is 0 Å². The third kappa shape index (κ3) is 2.81. The minimum Gasteiger partial charge on any atom is -0.426 e. The maximum Gasteiger partial charge on any atom is 0.253 e. The summed E-state index contributed by atoms with van der Waals surface area (Å²) in [6.07, 6.45) is 0.524. The third-order valence-corrected chi connectivity index (χ3v) is 2.30. The van der Waals surface area contributed by atoms with Crippen molar-refractivity contribution < 1.29 is 14.8 Å². The van der Waals surface area contributed by atoms with E-state index in [2.05, 4.69) is 4.99 Å². The molecule has 1 N–H and O–H groups in total. The fraction of sp³-hybridized carbons (Fsp3) is 0.417. The van der Waals surface area contributed by atoms with E-state index in [0.29, 0.717) is 16.6 Å². The predicted molar refractivity (Wildman–Crippen MR) is 61.8 cm³/mol. The highest BCUT2D eigenvalue weighted by molar-refractivity contribution is 5.82. The van der Waals surface area contributed by atoms with Gasteiger partial charge in [0.2, 0.25) is 0 Å². The number of aryl methyl sites for hydroxylation is 1. The summed E-state index contributed by atoms with van der Waals surface area (Å²) in [5, 5.41) is 9.72. The van der Waals surface area contributed by atoms with Gasteiger partial charge in [-0.05, 0) is 18.6 Å². The zero-order valence-electron chi connectivity index (χ0n) is 10.4. The Kier molecular flexibility index (Phi) is 3.50. The second-order valence-corrected chi connectivity index (χ2v) is 4.86. The van der Waals surface area contributed by atoms with Gasteiger partial charge in [-0.2, -0.15) is 9.72 Å². The van der Waals surface area contributed by atoms with E-state index in [1.54, 1.807) is 33.8 Å². The molecule has 0 bridgehead atoms. The van der Waals surface area contributed by atoms with Crippen LogP contribution in [0.15, 0.2) is 17.1 Å². The van der Waals surface area contributed by atoms with Crippen molar-refractivity contribution >= 4 is 12.2 Å². The van der Waals surface area contributed by atoms with Crippen molar-refractivity contribution in [3.8, 4) is 0 Å². The Bertz CT molecular complexity index is 522. The van der Waals surface area contributed by atoms with Crippen LogP contribution >= 0.6 is 0 Å². The molecule has 0 aliphatic heterocycles. The van der Waals surface area contributed by atoms with Gasteiger partial charge in [-0.3, -0.25) is 9.59 Å². The molecule has 0 saturated carbocycles. The molecule has 0 aromatic carbocycles. The van der Waals surface area contributed by atoms with E-state index < -0.39 is 5.41 Å². The molecule has 0 radical (unpaired) electrons. The molecule has 0 aliphatic carbocycles. The molecule has 0 atom stereocenters. The number of rotatable bonds is 1. The summed E-state index contributed by atoms with van der Waals surface area (Å²) in [6, 6.07) is 3.12. The number of nitrogens with zero attached hydrogens (tertiary/aromatic N) is 2. The summed E-state index contributed by atoms with van der Waals surface area (Å²) in [4.78, 5) is 26.3. The van der Waals surface area contributed by atoms with Crippen LogP contribution in [0.3, 0.4) is 0 Å². The predicted octanol–water partition coefficient (Wildman–Crippen LogP) is 1.32. The lowest BCUT2D eigenvalue weighted by Gasteiger charge is -2.12. The molecule has 0 fully saturated rings. The van der Waals surface area contributed by atoms with E-state index in [0.717, 1.165) is 0 Å². The van der Waals surface area contributed by atoms with Crippen LogP contribution in [0.2, 0.25) is 0 Å². The maximum absolute atomic E-state index is 11.7. The molecule has 1 heterocycles. The van der Waals surface area contributed by atoms with Crippen LogP contribution in [0.1, 0.15) is 36.8 Å². The Balaban J connectivity index is 3.39. The highest BCUT2D eigenvalue weighted by Gasteiger charge is 2.20. The molecule has 1 aromatic rings. The van der Waals surface area contributed by atoms with Gasteiger partial charge in [0, 0.05) is 5.41 Å². The van der Waals surface area contributed by atoms with Crippen LogP contribution in [0.5, 0.6) is 0 Å². The highest BCUT2D eigenvalue weighted by atomic mass is 16.5. The lowest BCUT2D eigenvalue weighted by molar-refractivity contribution is -0.125. The molecule has 17 heavy (non-hydrogen) atoms. The first kappa shape index (κ1) is 13.2. The van der Waals surface area contributed by atoms with Gasteiger partial charge in [0.1, 0.15) is 5.69 Å². The van der Waals surface area contributed by atoms with Crippen molar-refractivity contribution in [1.82, 2.24) is 4.73 Å². The van der Waals surface area contributed by atoms with Crippen molar-refractivity contribution in [2.45, 2.75) is 27.7 Å². The SMILES string of the molecule is Cc1ccc(=NC(=O)C(C)(C)C)n(O)c1C=O. The Hall–Kier alpha value is -1.91. The van der Waals surface area contributed by atoms with Gasteiger partial charge in [-0.25, -0.2) is 0 Å². The monoisotopic (exact) mass is 236 g/mol.